The second kappa shape index (κ2) is 4.84. The second-order valence-corrected chi connectivity index (χ2v) is 3.89. The minimum atomic E-state index is -1.01. The molecule has 0 aliphatic carbocycles. The number of rotatable bonds is 5. The average Bonchev–Trinajstić information content (AvgIpc) is 2.61. The molecule has 0 atom stereocenters. The zero-order valence-corrected chi connectivity index (χ0v) is 9.68. The SMILES string of the molecule is COC(Cc1csc(C)n1)(OC)OC. The average molecular weight is 217 g/mol. The fourth-order valence-corrected chi connectivity index (χ4v) is 1.79. The molecule has 0 aliphatic rings. The van der Waals surface area contributed by atoms with Crippen molar-refractivity contribution < 1.29 is 14.2 Å². The van der Waals surface area contributed by atoms with E-state index in [2.05, 4.69) is 4.98 Å². The Bertz CT molecular complexity index is 275. The molecule has 0 unspecified atom stereocenters. The van der Waals surface area contributed by atoms with Crippen molar-refractivity contribution in [2.45, 2.75) is 19.3 Å². The van der Waals surface area contributed by atoms with E-state index in [1.54, 1.807) is 32.7 Å². The molecule has 80 valence electrons. The van der Waals surface area contributed by atoms with E-state index in [0.29, 0.717) is 6.42 Å². The van der Waals surface area contributed by atoms with Gasteiger partial charge in [-0.2, -0.15) is 0 Å². The van der Waals surface area contributed by atoms with Gasteiger partial charge in [-0.25, -0.2) is 4.98 Å². The Kier molecular flexibility index (Phi) is 4.00. The molecule has 0 N–H and O–H groups in total. The summed E-state index contributed by atoms with van der Waals surface area (Å²) in [5.41, 5.74) is 0.915. The van der Waals surface area contributed by atoms with Crippen molar-refractivity contribution in [3.8, 4) is 0 Å². The quantitative estimate of drug-likeness (QED) is 0.702. The summed E-state index contributed by atoms with van der Waals surface area (Å²) in [7, 11) is 4.64. The maximum Gasteiger partial charge on any atom is 0.287 e. The molecule has 5 heteroatoms. The van der Waals surface area contributed by atoms with Crippen LogP contribution in [0.25, 0.3) is 0 Å². The van der Waals surface area contributed by atoms with Gasteiger partial charge < -0.3 is 14.2 Å². The first-order chi connectivity index (χ1) is 6.65. The summed E-state index contributed by atoms with van der Waals surface area (Å²) in [4.78, 5) is 4.32. The Morgan fingerprint density at radius 1 is 1.29 bits per heavy atom. The number of hydrogen-bond donors (Lipinski definition) is 0. The summed E-state index contributed by atoms with van der Waals surface area (Å²) < 4.78 is 15.5. The molecule has 1 heterocycles. The predicted octanol–water partition coefficient (Wildman–Crippen LogP) is 1.59. The lowest BCUT2D eigenvalue weighted by Gasteiger charge is -2.27. The molecular weight excluding hydrogens is 202 g/mol. The van der Waals surface area contributed by atoms with Gasteiger partial charge in [0.1, 0.15) is 0 Å². The minimum Gasteiger partial charge on any atom is -0.331 e. The van der Waals surface area contributed by atoms with Crippen LogP contribution in [-0.2, 0) is 20.6 Å². The molecule has 1 rings (SSSR count). The number of aromatic nitrogens is 1. The molecule has 1 aromatic rings. The van der Waals surface area contributed by atoms with Gasteiger partial charge in [0.05, 0.1) is 17.1 Å². The van der Waals surface area contributed by atoms with Gasteiger partial charge in [0, 0.05) is 26.7 Å². The third-order valence-electron chi connectivity index (χ3n) is 2.00. The lowest BCUT2D eigenvalue weighted by atomic mass is 10.3. The first kappa shape index (κ1) is 11.6. The van der Waals surface area contributed by atoms with E-state index in [1.165, 1.54) is 0 Å². The Hall–Kier alpha value is -0.490. The van der Waals surface area contributed by atoms with Crippen molar-refractivity contribution in [2.75, 3.05) is 21.3 Å². The summed E-state index contributed by atoms with van der Waals surface area (Å²) in [6, 6.07) is 0. The van der Waals surface area contributed by atoms with Gasteiger partial charge in [-0.3, -0.25) is 0 Å². The van der Waals surface area contributed by atoms with Gasteiger partial charge in [-0.15, -0.1) is 11.3 Å². The van der Waals surface area contributed by atoms with E-state index < -0.39 is 5.97 Å². The van der Waals surface area contributed by atoms with E-state index >= 15 is 0 Å². The minimum absolute atomic E-state index is 0.487. The fourth-order valence-electron chi connectivity index (χ4n) is 1.18. The summed E-state index contributed by atoms with van der Waals surface area (Å²) >= 11 is 1.60. The third-order valence-corrected chi connectivity index (χ3v) is 2.82. The Balaban J connectivity index is 2.73. The number of aryl methyl sites for hydroxylation is 1. The standard InChI is InChI=1S/C9H15NO3S/c1-7-10-8(6-14-7)5-9(11-2,12-3)13-4/h6H,5H2,1-4H3. The van der Waals surface area contributed by atoms with Crippen molar-refractivity contribution in [3.05, 3.63) is 16.1 Å². The fraction of sp³-hybridized carbons (Fsp3) is 0.667. The molecule has 0 radical (unpaired) electrons. The summed E-state index contributed by atoms with van der Waals surface area (Å²) in [5, 5.41) is 3.00. The summed E-state index contributed by atoms with van der Waals surface area (Å²) in [6.45, 7) is 1.96. The molecule has 0 aromatic carbocycles. The van der Waals surface area contributed by atoms with E-state index in [0.717, 1.165) is 10.7 Å². The van der Waals surface area contributed by atoms with Gasteiger partial charge in [-0.05, 0) is 6.92 Å². The van der Waals surface area contributed by atoms with Crippen molar-refractivity contribution in [3.63, 3.8) is 0 Å². The first-order valence-corrected chi connectivity index (χ1v) is 5.10. The van der Waals surface area contributed by atoms with E-state index in [1.807, 2.05) is 12.3 Å². The zero-order valence-electron chi connectivity index (χ0n) is 8.86. The predicted molar refractivity (Wildman–Crippen MR) is 54.3 cm³/mol. The molecule has 4 nitrogen and oxygen atoms in total. The smallest absolute Gasteiger partial charge is 0.287 e. The van der Waals surface area contributed by atoms with Crippen LogP contribution in [0.3, 0.4) is 0 Å². The molecule has 0 spiro atoms. The van der Waals surface area contributed by atoms with Gasteiger partial charge in [0.2, 0.25) is 0 Å². The maximum atomic E-state index is 5.17. The van der Waals surface area contributed by atoms with Crippen LogP contribution in [0, 0.1) is 6.92 Å². The second-order valence-electron chi connectivity index (χ2n) is 2.83. The Labute approximate surface area is 87.8 Å². The summed E-state index contributed by atoms with van der Waals surface area (Å²) in [5.74, 6) is -1.01. The van der Waals surface area contributed by atoms with Crippen molar-refractivity contribution in [1.82, 2.24) is 4.98 Å². The molecule has 0 saturated carbocycles. The van der Waals surface area contributed by atoms with Crippen LogP contribution in [0.4, 0.5) is 0 Å². The van der Waals surface area contributed by atoms with Crippen LogP contribution in [0.5, 0.6) is 0 Å². The maximum absolute atomic E-state index is 5.17. The lowest BCUT2D eigenvalue weighted by Crippen LogP contribution is -2.38. The first-order valence-electron chi connectivity index (χ1n) is 4.22. The molecule has 0 fully saturated rings. The van der Waals surface area contributed by atoms with Crippen LogP contribution >= 0.6 is 11.3 Å². The number of methoxy groups -OCH3 is 3. The molecular formula is C9H15NO3S. The number of hydrogen-bond acceptors (Lipinski definition) is 5. The molecule has 0 amide bonds. The highest BCUT2D eigenvalue weighted by Crippen LogP contribution is 2.20. The van der Waals surface area contributed by atoms with E-state index in [4.69, 9.17) is 14.2 Å². The molecule has 1 aromatic heterocycles. The monoisotopic (exact) mass is 217 g/mol. The molecule has 0 bridgehead atoms. The van der Waals surface area contributed by atoms with Crippen LogP contribution in [0.15, 0.2) is 5.38 Å². The molecule has 14 heavy (non-hydrogen) atoms. The molecule has 0 aliphatic heterocycles. The highest BCUT2D eigenvalue weighted by Gasteiger charge is 2.30. The van der Waals surface area contributed by atoms with E-state index in [9.17, 15) is 0 Å². The van der Waals surface area contributed by atoms with Crippen LogP contribution in [-0.4, -0.2) is 32.3 Å². The van der Waals surface area contributed by atoms with Gasteiger partial charge in [0.15, 0.2) is 0 Å². The van der Waals surface area contributed by atoms with Gasteiger partial charge >= 0.3 is 0 Å². The van der Waals surface area contributed by atoms with Crippen molar-refractivity contribution in [2.24, 2.45) is 0 Å². The summed E-state index contributed by atoms with van der Waals surface area (Å²) in [6.07, 6.45) is 0.487. The topological polar surface area (TPSA) is 40.6 Å². The number of nitrogens with zero attached hydrogens (tertiary/aromatic N) is 1. The lowest BCUT2D eigenvalue weighted by molar-refractivity contribution is -0.351. The van der Waals surface area contributed by atoms with Crippen molar-refractivity contribution in [1.29, 1.82) is 0 Å². The zero-order chi connectivity index (χ0) is 10.6. The van der Waals surface area contributed by atoms with Crippen molar-refractivity contribution >= 4 is 11.3 Å². The van der Waals surface area contributed by atoms with Gasteiger partial charge in [0.25, 0.3) is 5.97 Å². The Morgan fingerprint density at radius 3 is 2.21 bits per heavy atom. The normalized spacial score (nSPS) is 12.0. The largest absolute Gasteiger partial charge is 0.331 e. The highest BCUT2D eigenvalue weighted by molar-refractivity contribution is 7.09. The van der Waals surface area contributed by atoms with Crippen LogP contribution < -0.4 is 0 Å². The number of ether oxygens (including phenoxy) is 3. The molecule has 0 saturated heterocycles. The highest BCUT2D eigenvalue weighted by atomic mass is 32.1. The third kappa shape index (κ3) is 2.51. The van der Waals surface area contributed by atoms with Crippen LogP contribution in [0.2, 0.25) is 0 Å². The van der Waals surface area contributed by atoms with Crippen LogP contribution in [0.1, 0.15) is 10.7 Å². The number of thiazole rings is 1. The van der Waals surface area contributed by atoms with Gasteiger partial charge in [-0.1, -0.05) is 0 Å². The van der Waals surface area contributed by atoms with E-state index in [-0.39, 0.29) is 0 Å². The Morgan fingerprint density at radius 2 is 1.86 bits per heavy atom.